The second-order valence-corrected chi connectivity index (χ2v) is 9.70. The Kier molecular flexibility index (Phi) is 6.94. The van der Waals surface area contributed by atoms with Crippen LogP contribution >= 0.6 is 11.6 Å². The highest BCUT2D eigenvalue weighted by Gasteiger charge is 2.47. The summed E-state index contributed by atoms with van der Waals surface area (Å²) in [6.45, 7) is -1.51. The lowest BCUT2D eigenvalue weighted by Crippen LogP contribution is -2.58. The minimum absolute atomic E-state index is 0.151. The predicted octanol–water partition coefficient (Wildman–Crippen LogP) is 4.49. The lowest BCUT2D eigenvalue weighted by atomic mass is 9.98. The highest BCUT2D eigenvalue weighted by molar-refractivity contribution is 6.32. The van der Waals surface area contributed by atoms with Gasteiger partial charge in [0.15, 0.2) is 11.6 Å². The molecule has 5 rings (SSSR count). The molecule has 1 unspecified atom stereocenters. The van der Waals surface area contributed by atoms with Gasteiger partial charge in [0.05, 0.1) is 30.2 Å². The smallest absolute Gasteiger partial charge is 0.282 e. The van der Waals surface area contributed by atoms with Crippen LogP contribution in [0.2, 0.25) is 5.02 Å². The van der Waals surface area contributed by atoms with Gasteiger partial charge in [0, 0.05) is 29.8 Å². The summed E-state index contributed by atoms with van der Waals surface area (Å²) in [6.07, 6.45) is 4.36. The Morgan fingerprint density at radius 2 is 1.95 bits per heavy atom. The average Bonchev–Trinajstić information content (AvgIpc) is 3.30. The van der Waals surface area contributed by atoms with Crippen molar-refractivity contribution in [2.75, 3.05) is 25.4 Å². The largest absolute Gasteiger partial charge is 0.486 e. The number of anilines is 1. The van der Waals surface area contributed by atoms with Crippen LogP contribution in [0.25, 0.3) is 17.2 Å². The van der Waals surface area contributed by atoms with Gasteiger partial charge in [-0.25, -0.2) is 22.5 Å². The van der Waals surface area contributed by atoms with Crippen molar-refractivity contribution in [1.29, 1.82) is 0 Å². The molecule has 0 bridgehead atoms. The fourth-order valence-electron chi connectivity index (χ4n) is 4.38. The van der Waals surface area contributed by atoms with Gasteiger partial charge in [0.1, 0.15) is 17.7 Å². The molecular weight excluding hydrogens is 540 g/mol. The zero-order valence-corrected chi connectivity index (χ0v) is 20.9. The summed E-state index contributed by atoms with van der Waals surface area (Å²) in [7, 11) is 0. The standard InChI is InChI=1S/C27H21ClF4N4O3/c28-20-9-15(18-3-4-19(24(30)23(18)29)26(38)36-12-27(31,32)13-36)7-16-8-17(39-25(16)20)11-35-22(37)6-2-14-1-5-21(33)34-10-14/h1-7,9-10,17H,8,11-13H2,(H2,33,34)(H,35,37). The van der Waals surface area contributed by atoms with Crippen molar-refractivity contribution in [3.8, 4) is 16.9 Å². The van der Waals surface area contributed by atoms with Gasteiger partial charge >= 0.3 is 0 Å². The first-order chi connectivity index (χ1) is 18.5. The zero-order valence-electron chi connectivity index (χ0n) is 20.2. The van der Waals surface area contributed by atoms with Crippen molar-refractivity contribution < 1.29 is 31.9 Å². The molecule has 39 heavy (non-hydrogen) atoms. The summed E-state index contributed by atoms with van der Waals surface area (Å²) in [4.78, 5) is 29.2. The number of hydrogen-bond donors (Lipinski definition) is 2. The van der Waals surface area contributed by atoms with Gasteiger partial charge in [-0.2, -0.15) is 0 Å². The van der Waals surface area contributed by atoms with Gasteiger partial charge in [-0.3, -0.25) is 9.59 Å². The molecule has 3 heterocycles. The number of aromatic nitrogens is 1. The van der Waals surface area contributed by atoms with Crippen LogP contribution in [0.1, 0.15) is 21.5 Å². The summed E-state index contributed by atoms with van der Waals surface area (Å²) in [5.41, 5.74) is 6.34. The van der Waals surface area contributed by atoms with E-state index in [1.807, 2.05) is 0 Å². The zero-order chi connectivity index (χ0) is 27.9. The molecule has 2 amide bonds. The van der Waals surface area contributed by atoms with E-state index in [0.29, 0.717) is 29.1 Å². The molecule has 1 saturated heterocycles. The Morgan fingerprint density at radius 1 is 1.18 bits per heavy atom. The number of fused-ring (bicyclic) bond motifs is 1. The van der Waals surface area contributed by atoms with E-state index in [4.69, 9.17) is 22.1 Å². The van der Waals surface area contributed by atoms with Crippen LogP contribution in [0.3, 0.4) is 0 Å². The average molecular weight is 561 g/mol. The van der Waals surface area contributed by atoms with Crippen LogP contribution in [0.5, 0.6) is 5.75 Å². The summed E-state index contributed by atoms with van der Waals surface area (Å²) < 4.78 is 61.8. The van der Waals surface area contributed by atoms with Crippen molar-refractivity contribution in [2.24, 2.45) is 0 Å². The molecule has 0 radical (unpaired) electrons. The Bertz CT molecular complexity index is 1490. The molecule has 0 aliphatic carbocycles. The number of hydrogen-bond acceptors (Lipinski definition) is 5. The number of alkyl halides is 2. The van der Waals surface area contributed by atoms with Gasteiger partial charge in [-0.15, -0.1) is 0 Å². The van der Waals surface area contributed by atoms with E-state index >= 15 is 0 Å². The molecule has 7 nitrogen and oxygen atoms in total. The van der Waals surface area contributed by atoms with Gasteiger partial charge < -0.3 is 20.7 Å². The van der Waals surface area contributed by atoms with Crippen molar-refractivity contribution >= 4 is 35.3 Å². The molecule has 3 N–H and O–H groups in total. The van der Waals surface area contributed by atoms with Gasteiger partial charge in [0.25, 0.3) is 11.8 Å². The van der Waals surface area contributed by atoms with Gasteiger partial charge in [-0.1, -0.05) is 17.7 Å². The highest BCUT2D eigenvalue weighted by atomic mass is 35.5. The first-order valence-electron chi connectivity index (χ1n) is 11.8. The van der Waals surface area contributed by atoms with Crippen LogP contribution < -0.4 is 15.8 Å². The number of nitrogens with zero attached hydrogens (tertiary/aromatic N) is 2. The molecular formula is C27H21ClF4N4O3. The number of rotatable bonds is 6. The van der Waals surface area contributed by atoms with Gasteiger partial charge in [-0.05, 0) is 47.5 Å². The normalized spacial score (nSPS) is 17.5. The molecule has 0 saturated carbocycles. The first-order valence-corrected chi connectivity index (χ1v) is 12.2. The second-order valence-electron chi connectivity index (χ2n) is 9.29. The molecule has 2 aromatic carbocycles. The number of nitrogen functional groups attached to an aromatic ring is 1. The number of nitrogens with one attached hydrogen (secondary N) is 1. The Hall–Kier alpha value is -4.12. The first kappa shape index (κ1) is 26.5. The number of likely N-dealkylation sites (tertiary alicyclic amines) is 1. The lowest BCUT2D eigenvalue weighted by Gasteiger charge is -2.38. The number of ether oxygens (including phenoxy) is 1. The van der Waals surface area contributed by atoms with Crippen molar-refractivity contribution in [2.45, 2.75) is 18.4 Å². The molecule has 1 atom stereocenters. The van der Waals surface area contributed by atoms with Gasteiger partial charge in [0.2, 0.25) is 5.91 Å². The van der Waals surface area contributed by atoms with E-state index in [-0.39, 0.29) is 28.6 Å². The van der Waals surface area contributed by atoms with Crippen LogP contribution in [0, 0.1) is 11.6 Å². The summed E-state index contributed by atoms with van der Waals surface area (Å²) in [5, 5.41) is 2.89. The number of halogens is 5. The number of amides is 2. The van der Waals surface area contributed by atoms with Crippen LogP contribution in [-0.2, 0) is 11.2 Å². The van der Waals surface area contributed by atoms with Crippen molar-refractivity contribution in [1.82, 2.24) is 15.2 Å². The SMILES string of the molecule is Nc1ccc(C=CC(=O)NCC2Cc3cc(-c4ccc(C(=O)N5CC(F)(F)C5)c(F)c4F)cc(Cl)c3O2)cn1. The Morgan fingerprint density at radius 3 is 2.64 bits per heavy atom. The quantitative estimate of drug-likeness (QED) is 0.342. The van der Waals surface area contributed by atoms with E-state index in [1.54, 1.807) is 24.3 Å². The molecule has 0 spiro atoms. The van der Waals surface area contributed by atoms with E-state index < -0.39 is 48.2 Å². The monoisotopic (exact) mass is 560 g/mol. The number of benzene rings is 2. The molecule has 1 aromatic heterocycles. The maximum Gasteiger partial charge on any atom is 0.282 e. The molecule has 2 aliphatic heterocycles. The van der Waals surface area contributed by atoms with E-state index in [2.05, 4.69) is 10.3 Å². The number of carbonyl (C=O) groups is 2. The molecule has 3 aromatic rings. The molecule has 202 valence electrons. The fourth-order valence-corrected chi connectivity index (χ4v) is 4.66. The second kappa shape index (κ2) is 10.2. The fraction of sp³-hybridized carbons (Fsp3) is 0.222. The third kappa shape index (κ3) is 5.53. The third-order valence-electron chi connectivity index (χ3n) is 6.35. The van der Waals surface area contributed by atoms with Crippen molar-refractivity contribution in [3.05, 3.63) is 82.0 Å². The van der Waals surface area contributed by atoms with Crippen LogP contribution in [0.4, 0.5) is 23.4 Å². The van der Waals surface area contributed by atoms with E-state index in [1.165, 1.54) is 24.4 Å². The van der Waals surface area contributed by atoms with E-state index in [9.17, 15) is 27.2 Å². The topological polar surface area (TPSA) is 97.5 Å². The van der Waals surface area contributed by atoms with Crippen LogP contribution in [-0.4, -0.2) is 53.4 Å². The summed E-state index contributed by atoms with van der Waals surface area (Å²) in [5.74, 6) is -6.37. The number of carbonyl (C=O) groups excluding carboxylic acids is 2. The molecule has 2 aliphatic rings. The Labute approximate surface area is 225 Å². The minimum Gasteiger partial charge on any atom is -0.486 e. The summed E-state index contributed by atoms with van der Waals surface area (Å²) >= 11 is 6.36. The predicted molar refractivity (Wildman–Crippen MR) is 136 cm³/mol. The highest BCUT2D eigenvalue weighted by Crippen LogP contribution is 2.40. The molecule has 1 fully saturated rings. The number of pyridine rings is 1. The maximum atomic E-state index is 15.0. The minimum atomic E-state index is -3.03. The molecule has 12 heteroatoms. The summed E-state index contributed by atoms with van der Waals surface area (Å²) in [6, 6.07) is 8.60. The maximum absolute atomic E-state index is 15.0. The van der Waals surface area contributed by atoms with Crippen LogP contribution in [0.15, 0.2) is 48.7 Å². The third-order valence-corrected chi connectivity index (χ3v) is 6.63. The van der Waals surface area contributed by atoms with E-state index in [0.717, 1.165) is 11.0 Å². The van der Waals surface area contributed by atoms with Crippen molar-refractivity contribution in [3.63, 3.8) is 0 Å². The number of nitrogens with two attached hydrogens (primary N) is 1. The Balaban J connectivity index is 1.25. The lowest BCUT2D eigenvalue weighted by molar-refractivity contribution is -0.116.